The number of carbonyl (C=O) groups is 2. The van der Waals surface area contributed by atoms with Crippen molar-refractivity contribution >= 4 is 23.2 Å². The van der Waals surface area contributed by atoms with Gasteiger partial charge in [0.1, 0.15) is 11.6 Å². The second-order valence-electron chi connectivity index (χ2n) is 5.80. The third-order valence-corrected chi connectivity index (χ3v) is 4.05. The molecular formula is C15H23NO3S. The zero-order valence-electron chi connectivity index (χ0n) is 13.0. The fourth-order valence-corrected chi connectivity index (χ4v) is 2.72. The zero-order valence-corrected chi connectivity index (χ0v) is 13.8. The molecule has 0 aliphatic rings. The van der Waals surface area contributed by atoms with Gasteiger partial charge >= 0.3 is 5.97 Å². The summed E-state index contributed by atoms with van der Waals surface area (Å²) in [7, 11) is 0. The van der Waals surface area contributed by atoms with Gasteiger partial charge in [0.25, 0.3) is 5.91 Å². The van der Waals surface area contributed by atoms with E-state index in [1.54, 1.807) is 27.7 Å². The lowest BCUT2D eigenvalue weighted by Crippen LogP contribution is -2.42. The van der Waals surface area contributed by atoms with Crippen LogP contribution in [0.4, 0.5) is 0 Å². The molecule has 0 bridgehead atoms. The van der Waals surface area contributed by atoms with Crippen LogP contribution in [0.1, 0.15) is 54.7 Å². The largest absolute Gasteiger partial charge is 0.458 e. The summed E-state index contributed by atoms with van der Waals surface area (Å²) in [6.07, 6.45) is 0.908. The molecule has 112 valence electrons. The molecule has 1 amide bonds. The Balaban J connectivity index is 2.67. The van der Waals surface area contributed by atoms with Gasteiger partial charge in [0.2, 0.25) is 0 Å². The highest BCUT2D eigenvalue weighted by Gasteiger charge is 2.24. The summed E-state index contributed by atoms with van der Waals surface area (Å²) >= 11 is 1.47. The van der Waals surface area contributed by atoms with Gasteiger partial charge in [-0.25, -0.2) is 4.79 Å². The van der Waals surface area contributed by atoms with E-state index in [1.807, 2.05) is 13.0 Å². The molecule has 0 saturated heterocycles. The van der Waals surface area contributed by atoms with Crippen molar-refractivity contribution in [1.29, 1.82) is 0 Å². The normalized spacial score (nSPS) is 12.9. The predicted octanol–water partition coefficient (Wildman–Crippen LogP) is 3.08. The summed E-state index contributed by atoms with van der Waals surface area (Å²) in [6, 6.07) is 1.20. The molecule has 20 heavy (non-hydrogen) atoms. The molecule has 1 atom stereocenters. The maximum absolute atomic E-state index is 12.1. The van der Waals surface area contributed by atoms with Gasteiger partial charge in [0, 0.05) is 4.88 Å². The maximum atomic E-state index is 12.1. The quantitative estimate of drug-likeness (QED) is 0.869. The van der Waals surface area contributed by atoms with Gasteiger partial charge in [-0.1, -0.05) is 6.92 Å². The van der Waals surface area contributed by atoms with Crippen LogP contribution < -0.4 is 5.32 Å². The van der Waals surface area contributed by atoms with Gasteiger partial charge in [-0.2, -0.15) is 0 Å². The summed E-state index contributed by atoms with van der Waals surface area (Å²) in [4.78, 5) is 25.7. The molecule has 0 radical (unpaired) electrons. The average Bonchev–Trinajstić information content (AvgIpc) is 2.68. The van der Waals surface area contributed by atoms with Crippen LogP contribution >= 0.6 is 11.3 Å². The number of hydrogen-bond donors (Lipinski definition) is 1. The third kappa shape index (κ3) is 4.63. The molecule has 1 aromatic heterocycles. The highest BCUT2D eigenvalue weighted by Crippen LogP contribution is 2.22. The topological polar surface area (TPSA) is 55.4 Å². The molecule has 1 heterocycles. The molecule has 4 nitrogen and oxygen atoms in total. The maximum Gasteiger partial charge on any atom is 0.328 e. The first-order valence-electron chi connectivity index (χ1n) is 6.77. The fourth-order valence-electron chi connectivity index (χ4n) is 1.70. The van der Waals surface area contributed by atoms with Crippen molar-refractivity contribution in [2.45, 2.75) is 59.6 Å². The van der Waals surface area contributed by atoms with E-state index < -0.39 is 17.6 Å². The Morgan fingerprint density at radius 2 is 2.00 bits per heavy atom. The van der Waals surface area contributed by atoms with Crippen molar-refractivity contribution in [3.63, 3.8) is 0 Å². The lowest BCUT2D eigenvalue weighted by Gasteiger charge is -2.22. The van der Waals surface area contributed by atoms with E-state index in [0.29, 0.717) is 4.88 Å². The van der Waals surface area contributed by atoms with Gasteiger partial charge in [0.05, 0.1) is 4.88 Å². The number of amides is 1. The summed E-state index contributed by atoms with van der Waals surface area (Å²) in [5.74, 6) is -0.647. The summed E-state index contributed by atoms with van der Waals surface area (Å²) in [5.41, 5.74) is 0.567. The second-order valence-corrected chi connectivity index (χ2v) is 6.94. The van der Waals surface area contributed by atoms with Gasteiger partial charge in [-0.15, -0.1) is 11.3 Å². The minimum Gasteiger partial charge on any atom is -0.458 e. The molecular weight excluding hydrogens is 274 g/mol. The first kappa shape index (κ1) is 16.7. The number of ether oxygens (including phenoxy) is 1. The molecule has 1 rings (SSSR count). The van der Waals surface area contributed by atoms with Crippen molar-refractivity contribution in [2.75, 3.05) is 0 Å². The third-order valence-electron chi connectivity index (χ3n) is 2.67. The van der Waals surface area contributed by atoms with Crippen molar-refractivity contribution < 1.29 is 14.3 Å². The van der Waals surface area contributed by atoms with Crippen LogP contribution in [0.15, 0.2) is 6.07 Å². The smallest absolute Gasteiger partial charge is 0.328 e. The molecule has 0 fully saturated rings. The van der Waals surface area contributed by atoms with Crippen LogP contribution in [0.2, 0.25) is 0 Å². The Labute approximate surface area is 124 Å². The molecule has 0 unspecified atom stereocenters. The average molecular weight is 297 g/mol. The van der Waals surface area contributed by atoms with Gasteiger partial charge in [-0.05, 0) is 52.7 Å². The zero-order chi connectivity index (χ0) is 15.5. The van der Waals surface area contributed by atoms with E-state index >= 15 is 0 Å². The molecule has 0 spiro atoms. The standard InChI is InChI=1S/C15H23NO3S/c1-7-11-9(2)8-12(20-11)13(17)16-10(3)14(18)19-15(4,5)6/h8,10H,7H2,1-6H3,(H,16,17)/t10-/m0/s1. The molecule has 5 heteroatoms. The summed E-state index contributed by atoms with van der Waals surface area (Å²) in [5, 5.41) is 2.68. The van der Waals surface area contributed by atoms with Crippen molar-refractivity contribution in [3.8, 4) is 0 Å². The number of thiophene rings is 1. The number of hydrogen-bond acceptors (Lipinski definition) is 4. The Morgan fingerprint density at radius 1 is 1.40 bits per heavy atom. The first-order chi connectivity index (χ1) is 9.14. The van der Waals surface area contributed by atoms with E-state index in [1.165, 1.54) is 16.2 Å². The molecule has 0 saturated carbocycles. The Morgan fingerprint density at radius 3 is 2.45 bits per heavy atom. The summed E-state index contributed by atoms with van der Waals surface area (Å²) in [6.45, 7) is 11.1. The highest BCUT2D eigenvalue weighted by molar-refractivity contribution is 7.14. The summed E-state index contributed by atoms with van der Waals surface area (Å²) < 4.78 is 5.24. The van der Waals surface area contributed by atoms with Crippen LogP contribution in [-0.2, 0) is 16.0 Å². The lowest BCUT2D eigenvalue weighted by atomic mass is 10.2. The van der Waals surface area contributed by atoms with Crippen LogP contribution in [-0.4, -0.2) is 23.5 Å². The van der Waals surface area contributed by atoms with Gasteiger partial charge in [0.15, 0.2) is 0 Å². The number of aryl methyl sites for hydroxylation is 2. The molecule has 1 N–H and O–H groups in total. The lowest BCUT2D eigenvalue weighted by molar-refractivity contribution is -0.156. The molecule has 0 aliphatic heterocycles. The van der Waals surface area contributed by atoms with Crippen molar-refractivity contribution in [2.24, 2.45) is 0 Å². The Kier molecular flexibility index (Phi) is 5.34. The minimum atomic E-state index is -0.658. The van der Waals surface area contributed by atoms with E-state index in [0.717, 1.165) is 12.0 Å². The Bertz CT molecular complexity index is 500. The minimum absolute atomic E-state index is 0.226. The SMILES string of the molecule is CCc1sc(C(=O)N[C@@H](C)C(=O)OC(C)(C)C)cc1C. The Hall–Kier alpha value is -1.36. The van der Waals surface area contributed by atoms with Crippen LogP contribution in [0.25, 0.3) is 0 Å². The molecule has 0 aliphatic carbocycles. The van der Waals surface area contributed by atoms with Crippen molar-refractivity contribution in [1.82, 2.24) is 5.32 Å². The van der Waals surface area contributed by atoms with Gasteiger partial charge < -0.3 is 10.1 Å². The fraction of sp³-hybridized carbons (Fsp3) is 0.600. The van der Waals surface area contributed by atoms with Crippen LogP contribution in [0, 0.1) is 6.92 Å². The van der Waals surface area contributed by atoms with E-state index in [2.05, 4.69) is 12.2 Å². The number of esters is 1. The predicted molar refractivity (Wildman–Crippen MR) is 81.2 cm³/mol. The second kappa shape index (κ2) is 6.39. The van der Waals surface area contributed by atoms with Crippen LogP contribution in [0.3, 0.4) is 0 Å². The van der Waals surface area contributed by atoms with E-state index in [-0.39, 0.29) is 5.91 Å². The molecule has 0 aromatic carbocycles. The number of nitrogens with one attached hydrogen (secondary N) is 1. The highest BCUT2D eigenvalue weighted by atomic mass is 32.1. The number of rotatable bonds is 4. The monoisotopic (exact) mass is 297 g/mol. The van der Waals surface area contributed by atoms with Gasteiger partial charge in [-0.3, -0.25) is 4.79 Å². The molecule has 1 aromatic rings. The number of carbonyl (C=O) groups excluding carboxylic acids is 2. The van der Waals surface area contributed by atoms with E-state index in [9.17, 15) is 9.59 Å². The first-order valence-corrected chi connectivity index (χ1v) is 7.58. The van der Waals surface area contributed by atoms with Crippen LogP contribution in [0.5, 0.6) is 0 Å². The van der Waals surface area contributed by atoms with E-state index in [4.69, 9.17) is 4.74 Å². The van der Waals surface area contributed by atoms with Crippen molar-refractivity contribution in [3.05, 3.63) is 21.4 Å².